The largest absolute Gasteiger partial charge is 0.283 e. The molecule has 0 bridgehead atoms. The van der Waals surface area contributed by atoms with Crippen LogP contribution in [0.15, 0.2) is 24.3 Å². The van der Waals surface area contributed by atoms with Crippen molar-refractivity contribution in [2.45, 2.75) is 27.1 Å². The monoisotopic (exact) mass is 381 g/mol. The first-order chi connectivity index (χ1) is 11.4. The second-order valence-electron chi connectivity index (χ2n) is 5.82. The molecule has 2 heterocycles. The van der Waals surface area contributed by atoms with Gasteiger partial charge in [-0.05, 0) is 50.8 Å². The first-order valence-corrected chi connectivity index (χ1v) is 8.58. The second-order valence-corrected chi connectivity index (χ2v) is 6.98. The topological polar surface area (TPSA) is 38.4 Å². The Kier molecular flexibility index (Phi) is 4.92. The van der Waals surface area contributed by atoms with Crippen LogP contribution in [-0.4, -0.2) is 31.1 Å². The SMILES string of the molecule is Cc1cc(C)n2c(=S)n(CN(C)Cc3cccc(Cl)c3Cl)nc2n1. The van der Waals surface area contributed by atoms with Crippen LogP contribution in [0.4, 0.5) is 0 Å². The summed E-state index contributed by atoms with van der Waals surface area (Å²) in [7, 11) is 1.98. The van der Waals surface area contributed by atoms with Crippen molar-refractivity contribution in [1.29, 1.82) is 0 Å². The zero-order chi connectivity index (χ0) is 17.4. The fourth-order valence-corrected chi connectivity index (χ4v) is 3.37. The standard InChI is InChI=1S/C16H17Cl2N5S/c1-10-7-11(2)23-15(19-10)20-22(16(23)24)9-21(3)8-12-5-4-6-13(17)14(12)18/h4-7H,8-9H2,1-3H3. The maximum atomic E-state index is 6.26. The smallest absolute Gasteiger partial charge is 0.254 e. The van der Waals surface area contributed by atoms with E-state index in [1.165, 1.54) is 0 Å². The average molecular weight is 382 g/mol. The molecule has 0 aliphatic carbocycles. The summed E-state index contributed by atoms with van der Waals surface area (Å²) in [6, 6.07) is 7.62. The van der Waals surface area contributed by atoms with Gasteiger partial charge >= 0.3 is 0 Å². The van der Waals surface area contributed by atoms with Crippen molar-refractivity contribution >= 4 is 41.2 Å². The first-order valence-electron chi connectivity index (χ1n) is 7.42. The summed E-state index contributed by atoms with van der Waals surface area (Å²) in [5, 5.41) is 5.66. The normalized spacial score (nSPS) is 11.6. The van der Waals surface area contributed by atoms with Crippen LogP contribution in [0.3, 0.4) is 0 Å². The summed E-state index contributed by atoms with van der Waals surface area (Å²) in [6.07, 6.45) is 0. The molecule has 126 valence electrons. The number of halogens is 2. The molecule has 0 atom stereocenters. The van der Waals surface area contributed by atoms with Crippen molar-refractivity contribution < 1.29 is 0 Å². The Morgan fingerprint density at radius 3 is 2.75 bits per heavy atom. The maximum absolute atomic E-state index is 6.26. The molecule has 3 rings (SSSR count). The molecule has 0 saturated heterocycles. The highest BCUT2D eigenvalue weighted by Gasteiger charge is 2.12. The van der Waals surface area contributed by atoms with E-state index in [4.69, 9.17) is 35.4 Å². The Morgan fingerprint density at radius 1 is 1.25 bits per heavy atom. The van der Waals surface area contributed by atoms with E-state index in [0.29, 0.717) is 33.8 Å². The minimum atomic E-state index is 0.531. The Balaban J connectivity index is 1.87. The minimum absolute atomic E-state index is 0.531. The third-order valence-corrected chi connectivity index (χ3v) is 4.97. The molecule has 5 nitrogen and oxygen atoms in total. The van der Waals surface area contributed by atoms with Crippen LogP contribution < -0.4 is 0 Å². The van der Waals surface area contributed by atoms with Gasteiger partial charge in [-0.1, -0.05) is 35.3 Å². The van der Waals surface area contributed by atoms with Gasteiger partial charge in [0.15, 0.2) is 0 Å². The van der Waals surface area contributed by atoms with Crippen molar-refractivity contribution in [2.24, 2.45) is 0 Å². The van der Waals surface area contributed by atoms with Gasteiger partial charge in [0.1, 0.15) is 0 Å². The lowest BCUT2D eigenvalue weighted by Gasteiger charge is -2.17. The molecule has 1 aromatic carbocycles. The highest BCUT2D eigenvalue weighted by atomic mass is 35.5. The van der Waals surface area contributed by atoms with E-state index in [9.17, 15) is 0 Å². The number of hydrogen-bond donors (Lipinski definition) is 0. The van der Waals surface area contributed by atoms with Gasteiger partial charge in [0.25, 0.3) is 5.78 Å². The molecule has 3 aromatic rings. The predicted octanol–water partition coefficient (Wildman–Crippen LogP) is 4.27. The highest BCUT2D eigenvalue weighted by molar-refractivity contribution is 7.71. The van der Waals surface area contributed by atoms with Crippen molar-refractivity contribution in [3.63, 3.8) is 0 Å². The molecule has 0 amide bonds. The van der Waals surface area contributed by atoms with E-state index in [1.54, 1.807) is 10.7 Å². The minimum Gasteiger partial charge on any atom is -0.283 e. The van der Waals surface area contributed by atoms with Crippen LogP contribution in [0.5, 0.6) is 0 Å². The van der Waals surface area contributed by atoms with Crippen LogP contribution in [0, 0.1) is 18.6 Å². The van der Waals surface area contributed by atoms with Crippen LogP contribution >= 0.6 is 35.4 Å². The number of aryl methyl sites for hydroxylation is 2. The molecule has 24 heavy (non-hydrogen) atoms. The third kappa shape index (κ3) is 3.32. The Labute approximate surface area is 155 Å². The van der Waals surface area contributed by atoms with Gasteiger partial charge in [-0.3, -0.25) is 9.30 Å². The Bertz CT molecular complexity index is 963. The van der Waals surface area contributed by atoms with Crippen molar-refractivity contribution in [2.75, 3.05) is 7.05 Å². The van der Waals surface area contributed by atoms with E-state index in [2.05, 4.69) is 15.0 Å². The van der Waals surface area contributed by atoms with E-state index in [1.807, 2.05) is 43.5 Å². The molecule has 0 N–H and O–H groups in total. The first kappa shape index (κ1) is 17.4. The molecule has 0 spiro atoms. The number of aromatic nitrogens is 4. The van der Waals surface area contributed by atoms with Gasteiger partial charge in [-0.15, -0.1) is 5.10 Å². The van der Waals surface area contributed by atoms with Gasteiger partial charge in [-0.2, -0.15) is 0 Å². The van der Waals surface area contributed by atoms with Crippen molar-refractivity contribution in [3.8, 4) is 0 Å². The van der Waals surface area contributed by atoms with Crippen molar-refractivity contribution in [3.05, 3.63) is 56.0 Å². The summed E-state index contributed by atoms with van der Waals surface area (Å²) in [5.41, 5.74) is 2.91. The lowest BCUT2D eigenvalue weighted by Crippen LogP contribution is -2.22. The lowest BCUT2D eigenvalue weighted by atomic mass is 10.2. The number of nitrogens with zero attached hydrogens (tertiary/aromatic N) is 5. The molecular formula is C16H17Cl2N5S. The van der Waals surface area contributed by atoms with Crippen LogP contribution in [0.1, 0.15) is 17.0 Å². The lowest BCUT2D eigenvalue weighted by molar-refractivity contribution is 0.244. The predicted molar refractivity (Wildman–Crippen MR) is 99.2 cm³/mol. The van der Waals surface area contributed by atoms with Gasteiger partial charge in [-0.25, -0.2) is 9.67 Å². The molecule has 2 aromatic heterocycles. The summed E-state index contributed by atoms with van der Waals surface area (Å²) in [5.74, 6) is 0.617. The molecule has 0 aliphatic rings. The van der Waals surface area contributed by atoms with Crippen molar-refractivity contribution in [1.82, 2.24) is 24.1 Å². The zero-order valence-electron chi connectivity index (χ0n) is 13.6. The Hall–Kier alpha value is -1.47. The summed E-state index contributed by atoms with van der Waals surface area (Å²) in [6.45, 7) is 5.12. The van der Waals surface area contributed by atoms with Gasteiger partial charge in [0.2, 0.25) is 4.77 Å². The molecule has 0 unspecified atom stereocenters. The number of rotatable bonds is 4. The van der Waals surface area contributed by atoms with E-state index in [-0.39, 0.29) is 0 Å². The fourth-order valence-electron chi connectivity index (χ4n) is 2.67. The van der Waals surface area contributed by atoms with E-state index >= 15 is 0 Å². The van der Waals surface area contributed by atoms with Crippen LogP contribution in [-0.2, 0) is 13.2 Å². The maximum Gasteiger partial charge on any atom is 0.254 e. The molecule has 0 fully saturated rings. The van der Waals surface area contributed by atoms with Crippen LogP contribution in [0.2, 0.25) is 10.0 Å². The fraction of sp³-hybridized carbons (Fsp3) is 0.312. The van der Waals surface area contributed by atoms with E-state index in [0.717, 1.165) is 17.0 Å². The summed E-state index contributed by atoms with van der Waals surface area (Å²) < 4.78 is 4.27. The molecule has 8 heteroatoms. The molecule has 0 saturated carbocycles. The van der Waals surface area contributed by atoms with Gasteiger partial charge in [0.05, 0.1) is 16.7 Å². The average Bonchev–Trinajstić information content (AvgIpc) is 2.80. The summed E-state index contributed by atoms with van der Waals surface area (Å²) >= 11 is 17.9. The van der Waals surface area contributed by atoms with Gasteiger partial charge in [0, 0.05) is 17.9 Å². The third-order valence-electron chi connectivity index (χ3n) is 3.72. The second kappa shape index (κ2) is 6.80. The number of fused-ring (bicyclic) bond motifs is 1. The molecule has 0 aliphatic heterocycles. The molecular weight excluding hydrogens is 365 g/mol. The summed E-state index contributed by atoms with van der Waals surface area (Å²) in [4.78, 5) is 6.51. The Morgan fingerprint density at radius 2 is 2.00 bits per heavy atom. The van der Waals surface area contributed by atoms with Gasteiger partial charge < -0.3 is 0 Å². The number of benzene rings is 1. The van der Waals surface area contributed by atoms with E-state index < -0.39 is 0 Å². The highest BCUT2D eigenvalue weighted by Crippen LogP contribution is 2.26. The zero-order valence-corrected chi connectivity index (χ0v) is 16.0. The quantitative estimate of drug-likeness (QED) is 0.632. The molecule has 0 radical (unpaired) electrons. The number of hydrogen-bond acceptors (Lipinski definition) is 4. The van der Waals surface area contributed by atoms with Crippen LogP contribution in [0.25, 0.3) is 5.78 Å².